The number of hydrogen-bond donors (Lipinski definition) is 2. The van der Waals surface area contributed by atoms with E-state index in [0.29, 0.717) is 5.75 Å². The van der Waals surface area contributed by atoms with Gasteiger partial charge in [0.1, 0.15) is 24.0 Å². The summed E-state index contributed by atoms with van der Waals surface area (Å²) >= 11 is 0. The zero-order chi connectivity index (χ0) is 20.3. The lowest BCUT2D eigenvalue weighted by Gasteiger charge is -2.17. The van der Waals surface area contributed by atoms with Gasteiger partial charge in [0.15, 0.2) is 0 Å². The lowest BCUT2D eigenvalue weighted by Crippen LogP contribution is -2.34. The Morgan fingerprint density at radius 2 is 1.96 bits per heavy atom. The smallest absolute Gasteiger partial charge is 0.286 e. The van der Waals surface area contributed by atoms with Crippen molar-refractivity contribution in [3.8, 4) is 5.75 Å². The van der Waals surface area contributed by atoms with E-state index in [1.165, 1.54) is 0 Å². The summed E-state index contributed by atoms with van der Waals surface area (Å²) in [5.74, 6) is -0.438. The van der Waals surface area contributed by atoms with Crippen molar-refractivity contribution in [1.29, 1.82) is 0 Å². The number of aliphatic hydroxyl groups excluding tert-OH is 1. The SMILES string of the molecule is Cc1ccc(C)c(OCC(O)Cn2cc([N+](=O)[O-])cc(C(N)=O)c2=O)c1C. The molecular weight excluding hydrogens is 354 g/mol. The Hall–Kier alpha value is -3.20. The molecule has 0 saturated heterocycles. The molecule has 1 unspecified atom stereocenters. The minimum atomic E-state index is -1.13. The Balaban J connectivity index is 2.22. The van der Waals surface area contributed by atoms with Gasteiger partial charge >= 0.3 is 0 Å². The van der Waals surface area contributed by atoms with Gasteiger partial charge in [-0.3, -0.25) is 19.7 Å². The topological polar surface area (TPSA) is 138 Å². The molecule has 27 heavy (non-hydrogen) atoms. The summed E-state index contributed by atoms with van der Waals surface area (Å²) in [6, 6.07) is 4.68. The zero-order valence-corrected chi connectivity index (χ0v) is 15.3. The summed E-state index contributed by atoms with van der Waals surface area (Å²) in [6.45, 7) is 5.29. The van der Waals surface area contributed by atoms with Gasteiger partial charge < -0.3 is 20.1 Å². The van der Waals surface area contributed by atoms with Crippen molar-refractivity contribution in [2.45, 2.75) is 33.4 Å². The average Bonchev–Trinajstić information content (AvgIpc) is 2.59. The number of hydrogen-bond acceptors (Lipinski definition) is 6. The second-order valence-corrected chi connectivity index (χ2v) is 6.31. The van der Waals surface area contributed by atoms with Crippen molar-refractivity contribution < 1.29 is 19.6 Å². The zero-order valence-electron chi connectivity index (χ0n) is 15.3. The highest BCUT2D eigenvalue weighted by molar-refractivity contribution is 5.92. The number of ether oxygens (including phenoxy) is 1. The summed E-state index contributed by atoms with van der Waals surface area (Å²) in [6.07, 6.45) is -0.175. The van der Waals surface area contributed by atoms with Crippen LogP contribution in [-0.2, 0) is 6.54 Å². The first-order valence-electron chi connectivity index (χ1n) is 8.18. The van der Waals surface area contributed by atoms with Crippen LogP contribution in [0.1, 0.15) is 27.0 Å². The van der Waals surface area contributed by atoms with Crippen LogP contribution in [0.3, 0.4) is 0 Å². The van der Waals surface area contributed by atoms with Crippen LogP contribution in [0, 0.1) is 30.9 Å². The third-order valence-electron chi connectivity index (χ3n) is 4.25. The minimum Gasteiger partial charge on any atom is -0.490 e. The molecule has 1 aromatic heterocycles. The van der Waals surface area contributed by atoms with Gasteiger partial charge in [0.25, 0.3) is 17.2 Å². The number of carbonyl (C=O) groups excluding carboxylic acids is 1. The summed E-state index contributed by atoms with van der Waals surface area (Å²) in [5.41, 5.74) is 6.18. The normalized spacial score (nSPS) is 11.9. The molecule has 2 aromatic rings. The molecule has 9 heteroatoms. The number of amides is 1. The van der Waals surface area contributed by atoms with E-state index in [1.807, 2.05) is 32.9 Å². The van der Waals surface area contributed by atoms with Crippen molar-refractivity contribution in [3.63, 3.8) is 0 Å². The van der Waals surface area contributed by atoms with Crippen molar-refractivity contribution >= 4 is 11.6 Å². The maximum atomic E-state index is 12.2. The van der Waals surface area contributed by atoms with Gasteiger partial charge in [0, 0.05) is 6.07 Å². The van der Waals surface area contributed by atoms with Crippen LogP contribution < -0.4 is 16.0 Å². The Morgan fingerprint density at radius 1 is 1.33 bits per heavy atom. The van der Waals surface area contributed by atoms with Gasteiger partial charge in [-0.15, -0.1) is 0 Å². The second-order valence-electron chi connectivity index (χ2n) is 6.31. The second kappa shape index (κ2) is 8.00. The van der Waals surface area contributed by atoms with Crippen LogP contribution in [0.4, 0.5) is 5.69 Å². The number of nitrogens with two attached hydrogens (primary N) is 1. The maximum absolute atomic E-state index is 12.2. The number of nitro groups is 1. The number of carbonyl (C=O) groups is 1. The Bertz CT molecular complexity index is 951. The highest BCUT2D eigenvalue weighted by atomic mass is 16.6. The molecule has 3 N–H and O–H groups in total. The number of aryl methyl sites for hydroxylation is 2. The summed E-state index contributed by atoms with van der Waals surface area (Å²) in [7, 11) is 0. The third kappa shape index (κ3) is 4.50. The Morgan fingerprint density at radius 3 is 2.56 bits per heavy atom. The molecule has 1 aromatic carbocycles. The van der Waals surface area contributed by atoms with E-state index in [-0.39, 0.29) is 13.2 Å². The number of primary amides is 1. The first kappa shape index (κ1) is 20.1. The van der Waals surface area contributed by atoms with Gasteiger partial charge in [-0.2, -0.15) is 0 Å². The maximum Gasteiger partial charge on any atom is 0.286 e. The van der Waals surface area contributed by atoms with Gasteiger partial charge in [-0.1, -0.05) is 12.1 Å². The quantitative estimate of drug-likeness (QED) is 0.551. The van der Waals surface area contributed by atoms with Gasteiger partial charge in [0.05, 0.1) is 17.7 Å². The molecular formula is C18H21N3O6. The summed E-state index contributed by atoms with van der Waals surface area (Å²) in [5, 5.41) is 21.2. The fourth-order valence-corrected chi connectivity index (χ4v) is 2.64. The average molecular weight is 375 g/mol. The van der Waals surface area contributed by atoms with E-state index >= 15 is 0 Å². The fraction of sp³-hybridized carbons (Fsp3) is 0.333. The molecule has 144 valence electrons. The number of aromatic nitrogens is 1. The highest BCUT2D eigenvalue weighted by Crippen LogP contribution is 2.25. The standard InChI is InChI=1S/C18H21N3O6/c1-10-4-5-11(2)16(12(10)3)27-9-14(22)8-20-7-13(21(25)26)6-15(17(19)23)18(20)24/h4-7,14,22H,8-9H2,1-3H3,(H2,19,23). The number of rotatable bonds is 7. The molecule has 0 spiro atoms. The first-order chi connectivity index (χ1) is 12.6. The lowest BCUT2D eigenvalue weighted by atomic mass is 10.1. The predicted octanol–water partition coefficient (Wildman–Crippen LogP) is 1.22. The van der Waals surface area contributed by atoms with Crippen molar-refractivity contribution in [1.82, 2.24) is 4.57 Å². The lowest BCUT2D eigenvalue weighted by molar-refractivity contribution is -0.385. The van der Waals surface area contributed by atoms with E-state index in [9.17, 15) is 24.8 Å². The Labute approximate surface area is 155 Å². The molecule has 0 aliphatic rings. The minimum absolute atomic E-state index is 0.133. The molecule has 0 aliphatic carbocycles. The van der Waals surface area contributed by atoms with E-state index in [1.54, 1.807) is 0 Å². The first-order valence-corrected chi connectivity index (χ1v) is 8.18. The molecule has 0 radical (unpaired) electrons. The summed E-state index contributed by atoms with van der Waals surface area (Å²) < 4.78 is 6.58. The van der Waals surface area contributed by atoms with Gasteiger partial charge in [-0.05, 0) is 37.5 Å². The van der Waals surface area contributed by atoms with Crippen LogP contribution in [0.25, 0.3) is 0 Å². The predicted molar refractivity (Wildman–Crippen MR) is 98.0 cm³/mol. The highest BCUT2D eigenvalue weighted by Gasteiger charge is 2.19. The number of pyridine rings is 1. The van der Waals surface area contributed by atoms with Crippen LogP contribution >= 0.6 is 0 Å². The van der Waals surface area contributed by atoms with E-state index in [4.69, 9.17) is 10.5 Å². The summed E-state index contributed by atoms with van der Waals surface area (Å²) in [4.78, 5) is 33.8. The van der Waals surface area contributed by atoms with E-state index < -0.39 is 33.7 Å². The van der Waals surface area contributed by atoms with Crippen LogP contribution in [0.2, 0.25) is 0 Å². The Kier molecular flexibility index (Phi) is 5.96. The molecule has 0 fully saturated rings. The number of aliphatic hydroxyl groups is 1. The molecule has 2 rings (SSSR count). The third-order valence-corrected chi connectivity index (χ3v) is 4.25. The van der Waals surface area contributed by atoms with Crippen molar-refractivity contribution in [2.24, 2.45) is 5.73 Å². The molecule has 1 atom stereocenters. The molecule has 1 amide bonds. The largest absolute Gasteiger partial charge is 0.490 e. The van der Waals surface area contributed by atoms with Crippen LogP contribution in [0.5, 0.6) is 5.75 Å². The monoisotopic (exact) mass is 375 g/mol. The molecule has 1 heterocycles. The van der Waals surface area contributed by atoms with Gasteiger partial charge in [-0.25, -0.2) is 0 Å². The number of benzene rings is 1. The van der Waals surface area contributed by atoms with Crippen LogP contribution in [0.15, 0.2) is 29.2 Å². The van der Waals surface area contributed by atoms with Gasteiger partial charge in [0.2, 0.25) is 0 Å². The van der Waals surface area contributed by atoms with E-state index in [0.717, 1.165) is 33.5 Å². The fourth-order valence-electron chi connectivity index (χ4n) is 2.64. The molecule has 0 bridgehead atoms. The number of nitrogens with zero attached hydrogens (tertiary/aromatic N) is 2. The molecule has 0 aliphatic heterocycles. The van der Waals surface area contributed by atoms with E-state index in [2.05, 4.69) is 0 Å². The van der Waals surface area contributed by atoms with Crippen molar-refractivity contribution in [3.05, 3.63) is 67.1 Å². The molecule has 9 nitrogen and oxygen atoms in total. The molecule has 0 saturated carbocycles. The van der Waals surface area contributed by atoms with Crippen molar-refractivity contribution in [2.75, 3.05) is 6.61 Å². The van der Waals surface area contributed by atoms with Crippen LogP contribution in [-0.4, -0.2) is 33.2 Å².